The number of rotatable bonds is 39. The van der Waals surface area contributed by atoms with Crippen molar-refractivity contribution >= 4 is 13.8 Å². The highest BCUT2D eigenvalue weighted by Gasteiger charge is 2.25. The molecule has 286 valence electrons. The van der Waals surface area contributed by atoms with Crippen LogP contribution in [0.2, 0.25) is 0 Å². The van der Waals surface area contributed by atoms with Crippen molar-refractivity contribution in [2.24, 2.45) is 5.73 Å². The van der Waals surface area contributed by atoms with Gasteiger partial charge in [-0.05, 0) is 38.5 Å². The molecule has 0 aliphatic carbocycles. The quantitative estimate of drug-likeness (QED) is 0.0281. The van der Waals surface area contributed by atoms with Crippen LogP contribution < -0.4 is 5.73 Å². The summed E-state index contributed by atoms with van der Waals surface area (Å²) in [7, 11) is -4.27. The lowest BCUT2D eigenvalue weighted by atomic mass is 10.0. The van der Waals surface area contributed by atoms with Crippen LogP contribution >= 0.6 is 7.82 Å². The Morgan fingerprint density at radius 1 is 0.604 bits per heavy atom. The van der Waals surface area contributed by atoms with Gasteiger partial charge >= 0.3 is 13.8 Å². The van der Waals surface area contributed by atoms with Crippen molar-refractivity contribution in [3.63, 3.8) is 0 Å². The van der Waals surface area contributed by atoms with Gasteiger partial charge < -0.3 is 20.1 Å². The highest BCUT2D eigenvalue weighted by molar-refractivity contribution is 7.47. The summed E-state index contributed by atoms with van der Waals surface area (Å²) in [5.74, 6) is -0.337. The van der Waals surface area contributed by atoms with Crippen LogP contribution in [0.5, 0.6) is 0 Å². The van der Waals surface area contributed by atoms with Gasteiger partial charge in [0.05, 0.1) is 19.8 Å². The zero-order valence-electron chi connectivity index (χ0n) is 31.5. The van der Waals surface area contributed by atoms with Gasteiger partial charge in [-0.1, -0.05) is 161 Å². The summed E-state index contributed by atoms with van der Waals surface area (Å²) in [6.07, 6.45) is 37.9. The van der Waals surface area contributed by atoms with E-state index in [4.69, 9.17) is 24.3 Å². The van der Waals surface area contributed by atoms with Gasteiger partial charge in [-0.3, -0.25) is 13.8 Å². The van der Waals surface area contributed by atoms with E-state index in [0.29, 0.717) is 13.0 Å². The van der Waals surface area contributed by atoms with Gasteiger partial charge in [0.25, 0.3) is 0 Å². The largest absolute Gasteiger partial charge is 0.472 e. The molecule has 8 nitrogen and oxygen atoms in total. The minimum atomic E-state index is -4.27. The monoisotopic (exact) mass is 704 g/mol. The van der Waals surface area contributed by atoms with Crippen molar-refractivity contribution < 1.29 is 32.8 Å². The molecule has 3 N–H and O–H groups in total. The minimum absolute atomic E-state index is 0.0939. The topological polar surface area (TPSA) is 117 Å². The van der Waals surface area contributed by atoms with Crippen molar-refractivity contribution in [2.75, 3.05) is 33.0 Å². The Morgan fingerprint density at radius 2 is 1.04 bits per heavy atom. The normalized spacial score (nSPS) is 13.7. The predicted octanol–water partition coefficient (Wildman–Crippen LogP) is 11.5. The fourth-order valence-corrected chi connectivity index (χ4v) is 6.46. The summed E-state index contributed by atoms with van der Waals surface area (Å²) in [5.41, 5.74) is 5.36. The Balaban J connectivity index is 4.03. The Kier molecular flexibility index (Phi) is 36.9. The summed E-state index contributed by atoms with van der Waals surface area (Å²) >= 11 is 0. The van der Waals surface area contributed by atoms with Crippen molar-refractivity contribution in [1.29, 1.82) is 0 Å². The second kappa shape index (κ2) is 37.5. The standard InChI is InChI=1S/C39H78NO7P/c1-3-5-7-9-11-13-15-17-18-19-21-23-25-27-29-31-34-44-36-38(37-46-48(42,43)45-35-33-40)47-39(41)32-30-28-26-24-22-20-16-14-12-10-8-6-4-2/h14,16,38H,3-13,15,17-37,40H2,1-2H3,(H,42,43)/b16-14-/t38-/m1/s1. The van der Waals surface area contributed by atoms with Crippen molar-refractivity contribution in [1.82, 2.24) is 0 Å². The van der Waals surface area contributed by atoms with Gasteiger partial charge in [0, 0.05) is 19.6 Å². The van der Waals surface area contributed by atoms with Gasteiger partial charge in [-0.25, -0.2) is 4.57 Å². The van der Waals surface area contributed by atoms with E-state index in [2.05, 4.69) is 26.0 Å². The van der Waals surface area contributed by atoms with Crippen LogP contribution in [0.3, 0.4) is 0 Å². The minimum Gasteiger partial charge on any atom is -0.457 e. The Hall–Kier alpha value is -0.760. The van der Waals surface area contributed by atoms with E-state index in [1.165, 1.54) is 128 Å². The van der Waals surface area contributed by atoms with Crippen molar-refractivity contribution in [3.05, 3.63) is 12.2 Å². The molecule has 48 heavy (non-hydrogen) atoms. The molecule has 0 rings (SSSR count). The molecular weight excluding hydrogens is 625 g/mol. The maximum Gasteiger partial charge on any atom is 0.472 e. The van der Waals surface area contributed by atoms with E-state index >= 15 is 0 Å². The number of nitrogens with two attached hydrogens (primary N) is 1. The van der Waals surface area contributed by atoms with Crippen LogP contribution in [0, 0.1) is 0 Å². The molecule has 0 spiro atoms. The maximum atomic E-state index is 12.5. The number of hydrogen-bond acceptors (Lipinski definition) is 7. The number of unbranched alkanes of at least 4 members (excludes halogenated alkanes) is 24. The molecule has 0 saturated carbocycles. The SMILES string of the molecule is CCCCCC/C=C\CCCCCCCC(=O)O[C@H](COCCCCCCCCCCCCCCCCCC)COP(=O)(O)OCCN. The zero-order valence-corrected chi connectivity index (χ0v) is 32.4. The van der Waals surface area contributed by atoms with Gasteiger partial charge in [-0.15, -0.1) is 0 Å². The average Bonchev–Trinajstić information content (AvgIpc) is 3.07. The highest BCUT2D eigenvalue weighted by atomic mass is 31.2. The molecule has 0 amide bonds. The van der Waals surface area contributed by atoms with Crippen molar-refractivity contribution in [3.8, 4) is 0 Å². The van der Waals surface area contributed by atoms with Crippen LogP contribution in [-0.4, -0.2) is 49.9 Å². The number of carbonyl (C=O) groups is 1. The molecule has 0 radical (unpaired) electrons. The van der Waals surface area contributed by atoms with E-state index in [0.717, 1.165) is 44.9 Å². The van der Waals surface area contributed by atoms with Crippen LogP contribution in [0.25, 0.3) is 0 Å². The number of allylic oxidation sites excluding steroid dienone is 2. The third-order valence-corrected chi connectivity index (χ3v) is 9.67. The average molecular weight is 704 g/mol. The lowest BCUT2D eigenvalue weighted by Gasteiger charge is -2.20. The summed E-state index contributed by atoms with van der Waals surface area (Å²) < 4.78 is 33.3. The predicted molar refractivity (Wildman–Crippen MR) is 201 cm³/mol. The van der Waals surface area contributed by atoms with Crippen LogP contribution in [0.1, 0.15) is 194 Å². The molecule has 0 heterocycles. The van der Waals surface area contributed by atoms with E-state index in [1.807, 2.05) is 0 Å². The molecule has 0 aliphatic rings. The first-order valence-electron chi connectivity index (χ1n) is 20.2. The fourth-order valence-electron chi connectivity index (χ4n) is 5.70. The van der Waals surface area contributed by atoms with Gasteiger partial charge in [0.15, 0.2) is 0 Å². The Bertz CT molecular complexity index is 752. The molecule has 0 saturated heterocycles. The molecule has 0 bridgehead atoms. The van der Waals surface area contributed by atoms with Crippen molar-refractivity contribution in [2.45, 2.75) is 200 Å². The molecule has 0 aliphatic heterocycles. The lowest BCUT2D eigenvalue weighted by Crippen LogP contribution is -2.28. The fraction of sp³-hybridized carbons (Fsp3) is 0.923. The second-order valence-corrected chi connectivity index (χ2v) is 15.0. The van der Waals surface area contributed by atoms with E-state index < -0.39 is 13.9 Å². The molecule has 0 aromatic heterocycles. The smallest absolute Gasteiger partial charge is 0.457 e. The molecule has 9 heteroatoms. The lowest BCUT2D eigenvalue weighted by molar-refractivity contribution is -0.154. The molecular formula is C39H78NO7P. The van der Waals surface area contributed by atoms with Gasteiger partial charge in [-0.2, -0.15) is 0 Å². The first-order valence-corrected chi connectivity index (χ1v) is 21.7. The molecule has 0 aromatic rings. The summed E-state index contributed by atoms with van der Waals surface area (Å²) in [6.45, 7) is 4.93. The maximum absolute atomic E-state index is 12.5. The first-order chi connectivity index (χ1) is 23.4. The van der Waals surface area contributed by atoms with Gasteiger partial charge in [0.2, 0.25) is 0 Å². The molecule has 0 fully saturated rings. The Labute approximate surface area is 296 Å². The number of phosphoric ester groups is 1. The van der Waals surface area contributed by atoms with Crippen LogP contribution in [-0.2, 0) is 27.9 Å². The summed E-state index contributed by atoms with van der Waals surface area (Å²) in [6, 6.07) is 0. The third kappa shape index (κ3) is 36.5. The number of carbonyl (C=O) groups excluding carboxylic acids is 1. The molecule has 0 aromatic carbocycles. The van der Waals surface area contributed by atoms with Crippen LogP contribution in [0.15, 0.2) is 12.2 Å². The molecule has 1 unspecified atom stereocenters. The number of ether oxygens (including phenoxy) is 2. The second-order valence-electron chi connectivity index (χ2n) is 13.5. The number of esters is 1. The van der Waals surface area contributed by atoms with E-state index in [9.17, 15) is 14.3 Å². The van der Waals surface area contributed by atoms with Gasteiger partial charge in [0.1, 0.15) is 6.10 Å². The third-order valence-electron chi connectivity index (χ3n) is 8.68. The molecule has 2 atom stereocenters. The highest BCUT2D eigenvalue weighted by Crippen LogP contribution is 2.43. The van der Waals surface area contributed by atoms with Crippen LogP contribution in [0.4, 0.5) is 0 Å². The number of hydrogen-bond donors (Lipinski definition) is 2. The summed E-state index contributed by atoms with van der Waals surface area (Å²) in [4.78, 5) is 22.4. The van der Waals surface area contributed by atoms with E-state index in [1.54, 1.807) is 0 Å². The number of phosphoric acid groups is 1. The zero-order chi connectivity index (χ0) is 35.2. The first kappa shape index (κ1) is 47.2. The van der Waals surface area contributed by atoms with E-state index in [-0.39, 0.29) is 32.3 Å². The Morgan fingerprint density at radius 3 is 1.54 bits per heavy atom. The summed E-state index contributed by atoms with van der Waals surface area (Å²) in [5, 5.41) is 0.